The van der Waals surface area contributed by atoms with Gasteiger partial charge in [0, 0.05) is 13.3 Å². The van der Waals surface area contributed by atoms with Crippen molar-refractivity contribution in [3.05, 3.63) is 18.2 Å². The van der Waals surface area contributed by atoms with Crippen LogP contribution in [-0.2, 0) is 24.4 Å². The second-order valence-corrected chi connectivity index (χ2v) is 8.75. The summed E-state index contributed by atoms with van der Waals surface area (Å²) in [7, 11) is -4.28. The maximum Gasteiger partial charge on any atom is 0.321 e. The van der Waals surface area contributed by atoms with Crippen LogP contribution in [-0.4, -0.2) is 54.7 Å². The molecule has 1 aliphatic heterocycles. The Labute approximate surface area is 162 Å². The van der Waals surface area contributed by atoms with E-state index in [2.05, 4.69) is 0 Å². The summed E-state index contributed by atoms with van der Waals surface area (Å²) < 4.78 is 33.0. The van der Waals surface area contributed by atoms with Crippen molar-refractivity contribution in [3.63, 3.8) is 0 Å². The Bertz CT molecular complexity index is 910. The molecule has 0 aliphatic carbocycles. The van der Waals surface area contributed by atoms with E-state index in [1.807, 2.05) is 4.72 Å². The molecule has 11 heteroatoms. The first-order valence-electron chi connectivity index (χ1n) is 8.40. The lowest BCUT2D eigenvalue weighted by atomic mass is 10.1. The molecule has 2 rings (SSSR count). The highest BCUT2D eigenvalue weighted by atomic mass is 32.2. The Morgan fingerprint density at radius 1 is 1.29 bits per heavy atom. The number of fused-ring (bicyclic) bond motifs is 1. The summed E-state index contributed by atoms with van der Waals surface area (Å²) in [4.78, 5) is 35.0. The standard InChI is InChI=1S/C17H22N2O8S/c1-10(20)19-9-17(2,3)27-14-6-4-11(8-13(14)19)28(25,26)18-12(16(23)24)5-7-15(21)22/h4,6,8,12,18H,5,7,9H2,1-3H3,(H,21,22)(H,23,24). The molecule has 1 aromatic carbocycles. The fraction of sp³-hybridized carbons (Fsp3) is 0.471. The Balaban J connectivity index is 2.37. The van der Waals surface area contributed by atoms with Gasteiger partial charge in [-0.15, -0.1) is 0 Å². The van der Waals surface area contributed by atoms with Gasteiger partial charge in [0.25, 0.3) is 0 Å². The maximum absolute atomic E-state index is 12.6. The zero-order valence-electron chi connectivity index (χ0n) is 15.6. The zero-order valence-corrected chi connectivity index (χ0v) is 16.4. The van der Waals surface area contributed by atoms with Gasteiger partial charge >= 0.3 is 11.9 Å². The van der Waals surface area contributed by atoms with Crippen LogP contribution in [0.1, 0.15) is 33.6 Å². The highest BCUT2D eigenvalue weighted by molar-refractivity contribution is 7.89. The zero-order chi connectivity index (χ0) is 21.3. The third kappa shape index (κ3) is 4.98. The molecule has 0 saturated carbocycles. The van der Waals surface area contributed by atoms with Crippen molar-refractivity contribution in [1.82, 2.24) is 4.72 Å². The van der Waals surface area contributed by atoms with Gasteiger partial charge < -0.3 is 19.8 Å². The highest BCUT2D eigenvalue weighted by Gasteiger charge is 2.35. The summed E-state index contributed by atoms with van der Waals surface area (Å²) in [6.07, 6.45) is -0.920. The predicted molar refractivity (Wildman–Crippen MR) is 97.8 cm³/mol. The summed E-state index contributed by atoms with van der Waals surface area (Å²) in [5, 5.41) is 17.9. The minimum Gasteiger partial charge on any atom is -0.484 e. The maximum atomic E-state index is 12.6. The first kappa shape index (κ1) is 21.6. The van der Waals surface area contributed by atoms with Crippen LogP contribution < -0.4 is 14.4 Å². The topological polar surface area (TPSA) is 150 Å². The Kier molecular flexibility index (Phi) is 6.00. The molecule has 0 saturated heterocycles. The summed E-state index contributed by atoms with van der Waals surface area (Å²) in [5.41, 5.74) is -0.408. The monoisotopic (exact) mass is 414 g/mol. The van der Waals surface area contributed by atoms with Gasteiger partial charge in [0.05, 0.1) is 17.1 Å². The van der Waals surface area contributed by atoms with Gasteiger partial charge in [-0.2, -0.15) is 4.72 Å². The molecule has 1 aliphatic rings. The lowest BCUT2D eigenvalue weighted by Gasteiger charge is -2.39. The van der Waals surface area contributed by atoms with E-state index in [0.29, 0.717) is 5.75 Å². The molecule has 0 bridgehead atoms. The average Bonchev–Trinajstić information content (AvgIpc) is 2.56. The van der Waals surface area contributed by atoms with E-state index >= 15 is 0 Å². The smallest absolute Gasteiger partial charge is 0.321 e. The van der Waals surface area contributed by atoms with E-state index in [-0.39, 0.29) is 23.0 Å². The van der Waals surface area contributed by atoms with Crippen LogP contribution in [0.15, 0.2) is 23.1 Å². The van der Waals surface area contributed by atoms with Crippen molar-refractivity contribution < 1.29 is 37.8 Å². The molecule has 3 N–H and O–H groups in total. The summed E-state index contributed by atoms with van der Waals surface area (Å²) >= 11 is 0. The number of hydrogen-bond donors (Lipinski definition) is 3. The molecule has 1 unspecified atom stereocenters. The highest BCUT2D eigenvalue weighted by Crippen LogP contribution is 2.38. The number of amides is 1. The molecular weight excluding hydrogens is 392 g/mol. The van der Waals surface area contributed by atoms with Crippen molar-refractivity contribution in [2.24, 2.45) is 0 Å². The van der Waals surface area contributed by atoms with E-state index in [0.717, 1.165) is 0 Å². The average molecular weight is 414 g/mol. The van der Waals surface area contributed by atoms with E-state index < -0.39 is 46.4 Å². The normalized spacial score (nSPS) is 16.6. The molecule has 0 radical (unpaired) electrons. The molecule has 0 spiro atoms. The van der Waals surface area contributed by atoms with Gasteiger partial charge in [0.1, 0.15) is 17.4 Å². The van der Waals surface area contributed by atoms with Crippen molar-refractivity contribution in [3.8, 4) is 5.75 Å². The first-order valence-corrected chi connectivity index (χ1v) is 9.89. The van der Waals surface area contributed by atoms with Crippen LogP contribution in [0.25, 0.3) is 0 Å². The molecule has 1 heterocycles. The summed E-state index contributed by atoms with van der Waals surface area (Å²) in [6, 6.07) is 2.26. The number of carboxylic acid groups (broad SMARTS) is 2. The fourth-order valence-electron chi connectivity index (χ4n) is 2.79. The minimum absolute atomic E-state index is 0.211. The number of carbonyl (C=O) groups excluding carboxylic acids is 1. The number of nitrogens with zero attached hydrogens (tertiary/aromatic N) is 1. The van der Waals surface area contributed by atoms with Crippen LogP contribution in [0.5, 0.6) is 5.75 Å². The number of carbonyl (C=O) groups is 3. The Morgan fingerprint density at radius 3 is 2.46 bits per heavy atom. The van der Waals surface area contributed by atoms with Crippen LogP contribution >= 0.6 is 0 Å². The largest absolute Gasteiger partial charge is 0.484 e. The van der Waals surface area contributed by atoms with Crippen LogP contribution in [0.2, 0.25) is 0 Å². The van der Waals surface area contributed by atoms with Gasteiger partial charge in [0.15, 0.2) is 0 Å². The van der Waals surface area contributed by atoms with E-state index in [4.69, 9.17) is 14.9 Å². The molecular formula is C17H22N2O8S. The number of rotatable bonds is 7. The van der Waals surface area contributed by atoms with E-state index in [1.165, 1.54) is 30.0 Å². The Hall–Kier alpha value is -2.66. The number of nitrogens with one attached hydrogen (secondary N) is 1. The fourth-order valence-corrected chi connectivity index (χ4v) is 4.04. The first-order chi connectivity index (χ1) is 12.8. The van der Waals surface area contributed by atoms with Crippen LogP contribution in [0.4, 0.5) is 5.69 Å². The van der Waals surface area contributed by atoms with Gasteiger partial charge in [-0.1, -0.05) is 0 Å². The number of hydrogen-bond acceptors (Lipinski definition) is 6. The van der Waals surface area contributed by atoms with Gasteiger partial charge in [0.2, 0.25) is 15.9 Å². The van der Waals surface area contributed by atoms with Crippen molar-refractivity contribution in [2.75, 3.05) is 11.4 Å². The van der Waals surface area contributed by atoms with Gasteiger partial charge in [-0.25, -0.2) is 8.42 Å². The second kappa shape index (κ2) is 7.76. The molecule has 1 aromatic rings. The number of ether oxygens (including phenoxy) is 1. The molecule has 1 atom stereocenters. The van der Waals surface area contributed by atoms with Gasteiger partial charge in [-0.05, 0) is 38.5 Å². The summed E-state index contributed by atoms with van der Waals surface area (Å²) in [6.45, 7) is 5.13. The predicted octanol–water partition coefficient (Wildman–Crippen LogP) is 0.807. The molecule has 28 heavy (non-hydrogen) atoms. The molecule has 10 nitrogen and oxygen atoms in total. The minimum atomic E-state index is -4.28. The number of benzene rings is 1. The number of anilines is 1. The van der Waals surface area contributed by atoms with Gasteiger partial charge in [-0.3, -0.25) is 14.4 Å². The lowest BCUT2D eigenvalue weighted by molar-refractivity contribution is -0.140. The van der Waals surface area contributed by atoms with Crippen LogP contribution in [0.3, 0.4) is 0 Å². The molecule has 154 valence electrons. The SMILES string of the molecule is CC(=O)N1CC(C)(C)Oc2ccc(S(=O)(=O)NC(CCC(=O)O)C(=O)O)cc21. The quantitative estimate of drug-likeness (QED) is 0.593. The van der Waals surface area contributed by atoms with E-state index in [9.17, 15) is 22.8 Å². The second-order valence-electron chi connectivity index (χ2n) is 7.04. The number of aliphatic carboxylic acids is 2. The van der Waals surface area contributed by atoms with Crippen LogP contribution in [0, 0.1) is 0 Å². The van der Waals surface area contributed by atoms with Crippen molar-refractivity contribution >= 4 is 33.6 Å². The Morgan fingerprint density at radius 2 is 1.93 bits per heavy atom. The number of carboxylic acids is 2. The molecule has 1 amide bonds. The molecule has 0 fully saturated rings. The van der Waals surface area contributed by atoms with Crippen molar-refractivity contribution in [1.29, 1.82) is 0 Å². The van der Waals surface area contributed by atoms with Crippen molar-refractivity contribution in [2.45, 2.75) is 50.2 Å². The molecule has 0 aromatic heterocycles. The third-order valence-electron chi connectivity index (χ3n) is 4.08. The number of sulfonamides is 1. The summed E-state index contributed by atoms with van der Waals surface area (Å²) in [5.74, 6) is -2.70. The third-order valence-corrected chi connectivity index (χ3v) is 5.55. The lowest BCUT2D eigenvalue weighted by Crippen LogP contribution is -2.48. The van der Waals surface area contributed by atoms with E-state index in [1.54, 1.807) is 13.8 Å².